The fourth-order valence-electron chi connectivity index (χ4n) is 2.78. The van der Waals surface area contributed by atoms with Gasteiger partial charge >= 0.3 is 5.97 Å². The molecule has 2 atom stereocenters. The van der Waals surface area contributed by atoms with Crippen LogP contribution in [0.4, 0.5) is 0 Å². The summed E-state index contributed by atoms with van der Waals surface area (Å²) in [5.41, 5.74) is 6.31. The Balaban J connectivity index is 2.35. The van der Waals surface area contributed by atoms with Crippen LogP contribution in [0.1, 0.15) is 30.9 Å². The highest BCUT2D eigenvalue weighted by Gasteiger charge is 2.37. The molecule has 0 saturated carbocycles. The molecule has 5 nitrogen and oxygen atoms in total. The van der Waals surface area contributed by atoms with E-state index in [0.29, 0.717) is 13.0 Å². The summed E-state index contributed by atoms with van der Waals surface area (Å²) in [4.78, 5) is 25.7. The average molecular weight is 276 g/mol. The van der Waals surface area contributed by atoms with Crippen LogP contribution in [0.2, 0.25) is 0 Å². The number of ether oxygens (including phenoxy) is 1. The van der Waals surface area contributed by atoms with Crippen molar-refractivity contribution in [1.82, 2.24) is 4.90 Å². The van der Waals surface area contributed by atoms with Crippen molar-refractivity contribution >= 4 is 11.9 Å². The Kier molecular flexibility index (Phi) is 4.74. The van der Waals surface area contributed by atoms with Crippen LogP contribution in [-0.2, 0) is 14.3 Å². The van der Waals surface area contributed by atoms with Gasteiger partial charge in [-0.3, -0.25) is 9.69 Å². The van der Waals surface area contributed by atoms with E-state index in [1.165, 1.54) is 7.11 Å². The Morgan fingerprint density at radius 2 is 2.00 bits per heavy atom. The molecule has 1 saturated heterocycles. The number of hydrogen-bond acceptors (Lipinski definition) is 4. The van der Waals surface area contributed by atoms with E-state index in [9.17, 15) is 9.59 Å². The minimum Gasteiger partial charge on any atom is -0.468 e. The van der Waals surface area contributed by atoms with Gasteiger partial charge in [0.05, 0.1) is 13.2 Å². The van der Waals surface area contributed by atoms with Gasteiger partial charge in [-0.15, -0.1) is 0 Å². The third-order valence-corrected chi connectivity index (χ3v) is 3.74. The van der Waals surface area contributed by atoms with Crippen LogP contribution in [0.15, 0.2) is 30.3 Å². The highest BCUT2D eigenvalue weighted by Crippen LogP contribution is 2.29. The fourth-order valence-corrected chi connectivity index (χ4v) is 2.78. The highest BCUT2D eigenvalue weighted by atomic mass is 16.5. The standard InChI is InChI=1S/C15H20N2O3/c1-20-15(19)13(11-7-3-2-4-8-11)17-10-6-5-9-12(17)14(16)18/h2-4,7-8,12-13H,5-6,9-10H2,1H3,(H2,16,18)/t12-,13-/m0/s1. The van der Waals surface area contributed by atoms with Gasteiger partial charge in [-0.05, 0) is 18.4 Å². The molecule has 0 aliphatic carbocycles. The van der Waals surface area contributed by atoms with Crippen LogP contribution in [0, 0.1) is 0 Å². The first-order chi connectivity index (χ1) is 9.65. The van der Waals surface area contributed by atoms with E-state index < -0.39 is 12.1 Å². The molecule has 1 aliphatic heterocycles. The molecule has 0 bridgehead atoms. The second-order valence-electron chi connectivity index (χ2n) is 4.99. The van der Waals surface area contributed by atoms with Crippen LogP contribution in [0.25, 0.3) is 0 Å². The van der Waals surface area contributed by atoms with Gasteiger partial charge in [0.15, 0.2) is 0 Å². The van der Waals surface area contributed by atoms with Crippen molar-refractivity contribution in [3.8, 4) is 0 Å². The lowest BCUT2D eigenvalue weighted by Crippen LogP contribution is -2.51. The van der Waals surface area contributed by atoms with Gasteiger partial charge in [-0.25, -0.2) is 4.79 Å². The van der Waals surface area contributed by atoms with Gasteiger partial charge in [-0.2, -0.15) is 0 Å². The van der Waals surface area contributed by atoms with Crippen LogP contribution in [0.5, 0.6) is 0 Å². The molecule has 20 heavy (non-hydrogen) atoms. The number of amides is 1. The molecule has 1 aromatic rings. The zero-order valence-electron chi connectivity index (χ0n) is 11.6. The van der Waals surface area contributed by atoms with Gasteiger partial charge in [0.2, 0.25) is 5.91 Å². The largest absolute Gasteiger partial charge is 0.468 e. The number of methoxy groups -OCH3 is 1. The molecule has 0 radical (unpaired) electrons. The lowest BCUT2D eigenvalue weighted by atomic mass is 9.96. The zero-order valence-corrected chi connectivity index (χ0v) is 11.6. The predicted molar refractivity (Wildman–Crippen MR) is 74.7 cm³/mol. The van der Waals surface area contributed by atoms with E-state index in [1.54, 1.807) is 0 Å². The Hall–Kier alpha value is -1.88. The van der Waals surface area contributed by atoms with Crippen molar-refractivity contribution in [1.29, 1.82) is 0 Å². The minimum atomic E-state index is -0.570. The van der Waals surface area contributed by atoms with Crippen LogP contribution in [-0.4, -0.2) is 36.5 Å². The van der Waals surface area contributed by atoms with E-state index >= 15 is 0 Å². The van der Waals surface area contributed by atoms with Gasteiger partial charge < -0.3 is 10.5 Å². The summed E-state index contributed by atoms with van der Waals surface area (Å²) in [7, 11) is 1.36. The summed E-state index contributed by atoms with van der Waals surface area (Å²) in [6.45, 7) is 0.669. The molecule has 1 aromatic carbocycles. The van der Waals surface area contributed by atoms with Crippen molar-refractivity contribution in [3.05, 3.63) is 35.9 Å². The van der Waals surface area contributed by atoms with E-state index in [2.05, 4.69) is 0 Å². The number of benzene rings is 1. The number of carbonyl (C=O) groups excluding carboxylic acids is 2. The van der Waals surface area contributed by atoms with Crippen molar-refractivity contribution in [2.45, 2.75) is 31.3 Å². The Morgan fingerprint density at radius 1 is 1.30 bits per heavy atom. The predicted octanol–water partition coefficient (Wildman–Crippen LogP) is 1.24. The maximum atomic E-state index is 12.2. The van der Waals surface area contributed by atoms with Crippen LogP contribution < -0.4 is 5.73 Å². The molecule has 1 heterocycles. The molecule has 1 fully saturated rings. The molecular weight excluding hydrogens is 256 g/mol. The van der Waals surface area contributed by atoms with Crippen LogP contribution >= 0.6 is 0 Å². The zero-order chi connectivity index (χ0) is 14.5. The number of likely N-dealkylation sites (tertiary alicyclic amines) is 1. The summed E-state index contributed by atoms with van der Waals surface area (Å²) >= 11 is 0. The van der Waals surface area contributed by atoms with Gasteiger partial charge in [0.1, 0.15) is 6.04 Å². The summed E-state index contributed by atoms with van der Waals surface area (Å²) in [5.74, 6) is -0.737. The number of hydrogen-bond donors (Lipinski definition) is 1. The average Bonchev–Trinajstić information content (AvgIpc) is 2.48. The molecule has 0 aromatic heterocycles. The van der Waals surface area contributed by atoms with Crippen LogP contribution in [0.3, 0.4) is 0 Å². The van der Waals surface area contributed by atoms with Gasteiger partial charge in [-0.1, -0.05) is 36.8 Å². The van der Waals surface area contributed by atoms with Gasteiger partial charge in [0, 0.05) is 6.54 Å². The van der Waals surface area contributed by atoms with Crippen molar-refractivity contribution in [3.63, 3.8) is 0 Å². The molecular formula is C15H20N2O3. The lowest BCUT2D eigenvalue weighted by molar-refractivity contribution is -0.150. The third kappa shape index (κ3) is 2.99. The number of carbonyl (C=O) groups is 2. The molecule has 5 heteroatoms. The fraction of sp³-hybridized carbons (Fsp3) is 0.467. The second-order valence-corrected chi connectivity index (χ2v) is 4.99. The first-order valence-corrected chi connectivity index (χ1v) is 6.83. The van der Waals surface area contributed by atoms with E-state index in [4.69, 9.17) is 10.5 Å². The maximum Gasteiger partial charge on any atom is 0.327 e. The number of esters is 1. The Morgan fingerprint density at radius 3 is 2.60 bits per heavy atom. The molecule has 1 amide bonds. The van der Waals surface area contributed by atoms with Crippen molar-refractivity contribution in [2.24, 2.45) is 5.73 Å². The number of piperidine rings is 1. The second kappa shape index (κ2) is 6.52. The minimum absolute atomic E-state index is 0.357. The summed E-state index contributed by atoms with van der Waals surface area (Å²) < 4.78 is 4.92. The third-order valence-electron chi connectivity index (χ3n) is 3.74. The first-order valence-electron chi connectivity index (χ1n) is 6.83. The molecule has 2 N–H and O–H groups in total. The lowest BCUT2D eigenvalue weighted by Gasteiger charge is -2.38. The number of primary amides is 1. The smallest absolute Gasteiger partial charge is 0.327 e. The number of rotatable bonds is 4. The Labute approximate surface area is 118 Å². The maximum absolute atomic E-state index is 12.2. The SMILES string of the molecule is COC(=O)[C@H](c1ccccc1)N1CCCC[C@H]1C(N)=O. The summed E-state index contributed by atoms with van der Waals surface area (Å²) in [6, 6.07) is 8.39. The first kappa shape index (κ1) is 14.5. The quantitative estimate of drug-likeness (QED) is 0.840. The molecule has 2 rings (SSSR count). The van der Waals surface area contributed by atoms with Crippen molar-refractivity contribution < 1.29 is 14.3 Å². The molecule has 0 unspecified atom stereocenters. The Bertz CT molecular complexity index is 475. The van der Waals surface area contributed by atoms with Gasteiger partial charge in [0.25, 0.3) is 0 Å². The highest BCUT2D eigenvalue weighted by molar-refractivity contribution is 5.82. The molecule has 108 valence electrons. The van der Waals surface area contributed by atoms with E-state index in [0.717, 1.165) is 18.4 Å². The molecule has 0 spiro atoms. The van der Waals surface area contributed by atoms with E-state index in [1.807, 2.05) is 35.2 Å². The summed E-state index contributed by atoms with van der Waals surface area (Å²) in [6.07, 6.45) is 2.59. The normalized spacial score (nSPS) is 21.1. The monoisotopic (exact) mass is 276 g/mol. The van der Waals surface area contributed by atoms with E-state index in [-0.39, 0.29) is 11.9 Å². The summed E-state index contributed by atoms with van der Waals surface area (Å²) in [5, 5.41) is 0. The topological polar surface area (TPSA) is 72.6 Å². The van der Waals surface area contributed by atoms with Crippen molar-refractivity contribution in [2.75, 3.05) is 13.7 Å². The number of nitrogens with two attached hydrogens (primary N) is 1. The molecule has 1 aliphatic rings. The number of nitrogens with zero attached hydrogens (tertiary/aromatic N) is 1.